The lowest BCUT2D eigenvalue weighted by Crippen LogP contribution is -2.43. The Morgan fingerprint density at radius 3 is 2.84 bits per heavy atom. The maximum Gasteiger partial charge on any atom is -0.0125 e. The SMILES string of the molecule is C[C@@H]1Cc2ccccc2[C@H]2CC[C@]3(C)CCC[C@H]3[C@H]12. The van der Waals surface area contributed by atoms with Gasteiger partial charge in [0.15, 0.2) is 0 Å². The highest BCUT2D eigenvalue weighted by Gasteiger charge is 2.51. The van der Waals surface area contributed by atoms with Crippen LogP contribution in [0.3, 0.4) is 0 Å². The monoisotopic (exact) mass is 254 g/mol. The third-order valence-corrected chi connectivity index (χ3v) is 6.77. The average Bonchev–Trinajstić information content (AvgIpc) is 2.80. The van der Waals surface area contributed by atoms with Crippen molar-refractivity contribution < 1.29 is 0 Å². The second kappa shape index (κ2) is 4.11. The van der Waals surface area contributed by atoms with Crippen molar-refractivity contribution in [3.8, 4) is 0 Å². The summed E-state index contributed by atoms with van der Waals surface area (Å²) < 4.78 is 0. The standard InChI is InChI=1S/C19H26/c1-13-12-14-6-3-4-7-15(14)16-9-11-19(2)10-5-8-17(19)18(13)16/h3-4,6-7,13,16-18H,5,8-12H2,1-2H3/t13-,16-,17+,18-,19+/m1/s1. The van der Waals surface area contributed by atoms with Gasteiger partial charge in [-0.25, -0.2) is 0 Å². The summed E-state index contributed by atoms with van der Waals surface area (Å²) in [7, 11) is 0. The minimum Gasteiger partial charge on any atom is -0.0620 e. The summed E-state index contributed by atoms with van der Waals surface area (Å²) >= 11 is 0. The topological polar surface area (TPSA) is 0 Å². The Labute approximate surface area is 117 Å². The number of hydrogen-bond acceptors (Lipinski definition) is 0. The van der Waals surface area contributed by atoms with E-state index in [1.54, 1.807) is 11.1 Å². The van der Waals surface area contributed by atoms with Gasteiger partial charge in [0.1, 0.15) is 0 Å². The molecule has 0 saturated heterocycles. The molecule has 2 fully saturated rings. The molecule has 0 nitrogen and oxygen atoms in total. The molecule has 0 aromatic heterocycles. The van der Waals surface area contributed by atoms with Gasteiger partial charge in [0.05, 0.1) is 0 Å². The van der Waals surface area contributed by atoms with Crippen LogP contribution in [-0.4, -0.2) is 0 Å². The maximum atomic E-state index is 2.59. The van der Waals surface area contributed by atoms with E-state index in [0.717, 1.165) is 23.7 Å². The Morgan fingerprint density at radius 2 is 1.95 bits per heavy atom. The summed E-state index contributed by atoms with van der Waals surface area (Å²) in [5.41, 5.74) is 4.04. The van der Waals surface area contributed by atoms with Crippen molar-refractivity contribution in [1.29, 1.82) is 0 Å². The predicted molar refractivity (Wildman–Crippen MR) is 80.2 cm³/mol. The molecule has 3 aliphatic carbocycles. The highest BCUT2D eigenvalue weighted by atomic mass is 14.6. The molecule has 0 bridgehead atoms. The minimum absolute atomic E-state index is 0.682. The van der Waals surface area contributed by atoms with Crippen LogP contribution in [0.2, 0.25) is 0 Å². The molecule has 0 aliphatic heterocycles. The molecule has 1 aromatic carbocycles. The van der Waals surface area contributed by atoms with E-state index in [1.165, 1.54) is 38.5 Å². The summed E-state index contributed by atoms with van der Waals surface area (Å²) in [6.45, 7) is 5.12. The first kappa shape index (κ1) is 12.0. The van der Waals surface area contributed by atoms with Gasteiger partial charge in [-0.15, -0.1) is 0 Å². The highest BCUT2D eigenvalue weighted by molar-refractivity contribution is 5.35. The van der Waals surface area contributed by atoms with Crippen LogP contribution in [0, 0.1) is 23.2 Å². The van der Waals surface area contributed by atoms with Crippen LogP contribution in [-0.2, 0) is 6.42 Å². The van der Waals surface area contributed by atoms with Crippen LogP contribution in [0.25, 0.3) is 0 Å². The van der Waals surface area contributed by atoms with Gasteiger partial charge in [-0.1, -0.05) is 44.5 Å². The molecule has 0 unspecified atom stereocenters. The summed E-state index contributed by atoms with van der Waals surface area (Å²) in [6, 6.07) is 9.30. The van der Waals surface area contributed by atoms with E-state index >= 15 is 0 Å². The normalized spacial score (nSPS) is 44.3. The molecule has 0 N–H and O–H groups in total. The molecule has 4 rings (SSSR count). The van der Waals surface area contributed by atoms with Crippen molar-refractivity contribution in [2.75, 3.05) is 0 Å². The van der Waals surface area contributed by atoms with Gasteiger partial charge in [-0.3, -0.25) is 0 Å². The lowest BCUT2D eigenvalue weighted by atomic mass is 9.53. The fourth-order valence-electron chi connectivity index (χ4n) is 5.91. The molecule has 0 heterocycles. The van der Waals surface area contributed by atoms with Gasteiger partial charge >= 0.3 is 0 Å². The predicted octanol–water partition coefficient (Wildman–Crippen LogP) is 5.18. The molecule has 19 heavy (non-hydrogen) atoms. The molecule has 0 radical (unpaired) electrons. The molecule has 3 aliphatic rings. The molecule has 1 aromatic rings. The molecule has 0 spiro atoms. The Morgan fingerprint density at radius 1 is 1.11 bits per heavy atom. The van der Waals surface area contributed by atoms with E-state index in [9.17, 15) is 0 Å². The van der Waals surface area contributed by atoms with E-state index in [4.69, 9.17) is 0 Å². The van der Waals surface area contributed by atoms with Gasteiger partial charge in [0.2, 0.25) is 0 Å². The lowest BCUT2D eigenvalue weighted by Gasteiger charge is -2.51. The second-order valence-corrected chi connectivity index (χ2v) is 7.76. The van der Waals surface area contributed by atoms with Crippen molar-refractivity contribution in [3.63, 3.8) is 0 Å². The fourth-order valence-corrected chi connectivity index (χ4v) is 5.91. The second-order valence-electron chi connectivity index (χ2n) is 7.76. The molecule has 5 atom stereocenters. The molecule has 0 heteroatoms. The van der Waals surface area contributed by atoms with E-state index in [1.807, 2.05) is 0 Å². The van der Waals surface area contributed by atoms with Crippen molar-refractivity contribution in [3.05, 3.63) is 35.4 Å². The van der Waals surface area contributed by atoms with Crippen LogP contribution < -0.4 is 0 Å². The molecular weight excluding hydrogens is 228 g/mol. The zero-order valence-electron chi connectivity index (χ0n) is 12.4. The Bertz CT molecular complexity index is 489. The van der Waals surface area contributed by atoms with Gasteiger partial charge in [0, 0.05) is 0 Å². The Balaban J connectivity index is 1.77. The van der Waals surface area contributed by atoms with E-state index < -0.39 is 0 Å². The van der Waals surface area contributed by atoms with Crippen molar-refractivity contribution in [1.82, 2.24) is 0 Å². The van der Waals surface area contributed by atoms with Crippen molar-refractivity contribution in [2.24, 2.45) is 23.2 Å². The third-order valence-electron chi connectivity index (χ3n) is 6.77. The van der Waals surface area contributed by atoms with Gasteiger partial charge in [0.25, 0.3) is 0 Å². The summed E-state index contributed by atoms with van der Waals surface area (Å²) in [4.78, 5) is 0. The number of fused-ring (bicyclic) bond motifs is 5. The highest BCUT2D eigenvalue weighted by Crippen LogP contribution is 2.61. The fraction of sp³-hybridized carbons (Fsp3) is 0.684. The number of rotatable bonds is 0. The Kier molecular flexibility index (Phi) is 2.59. The van der Waals surface area contributed by atoms with E-state index in [0.29, 0.717) is 5.41 Å². The van der Waals surface area contributed by atoms with E-state index in [-0.39, 0.29) is 0 Å². The number of benzene rings is 1. The first-order valence-corrected chi connectivity index (χ1v) is 8.27. The summed E-state index contributed by atoms with van der Waals surface area (Å²) in [5.74, 6) is 3.74. The van der Waals surface area contributed by atoms with Crippen LogP contribution in [0.1, 0.15) is 63.0 Å². The van der Waals surface area contributed by atoms with Gasteiger partial charge < -0.3 is 0 Å². The summed E-state index contributed by atoms with van der Waals surface area (Å²) in [6.07, 6.45) is 8.72. The van der Waals surface area contributed by atoms with Crippen molar-refractivity contribution >= 4 is 0 Å². The molecule has 102 valence electrons. The zero-order chi connectivity index (χ0) is 13.0. The maximum absolute atomic E-state index is 2.59. The van der Waals surface area contributed by atoms with Crippen LogP contribution in [0.15, 0.2) is 24.3 Å². The van der Waals surface area contributed by atoms with Crippen molar-refractivity contribution in [2.45, 2.75) is 58.3 Å². The number of hydrogen-bond donors (Lipinski definition) is 0. The largest absolute Gasteiger partial charge is 0.0620 e. The van der Waals surface area contributed by atoms with Gasteiger partial charge in [-0.2, -0.15) is 0 Å². The first-order chi connectivity index (χ1) is 9.19. The van der Waals surface area contributed by atoms with E-state index in [2.05, 4.69) is 38.1 Å². The quantitative estimate of drug-likeness (QED) is 0.598. The lowest BCUT2D eigenvalue weighted by molar-refractivity contribution is 0.0314. The average molecular weight is 254 g/mol. The van der Waals surface area contributed by atoms with Crippen LogP contribution in [0.4, 0.5) is 0 Å². The van der Waals surface area contributed by atoms with Gasteiger partial charge in [-0.05, 0) is 72.3 Å². The molecule has 2 saturated carbocycles. The molecular formula is C19H26. The minimum atomic E-state index is 0.682. The first-order valence-electron chi connectivity index (χ1n) is 8.27. The summed E-state index contributed by atoms with van der Waals surface area (Å²) in [5, 5.41) is 0. The molecule has 0 amide bonds. The Hall–Kier alpha value is -0.780. The van der Waals surface area contributed by atoms with Crippen LogP contribution in [0.5, 0.6) is 0 Å². The third kappa shape index (κ3) is 1.65. The zero-order valence-corrected chi connectivity index (χ0v) is 12.4. The smallest absolute Gasteiger partial charge is 0.0125 e. The van der Waals surface area contributed by atoms with Crippen LogP contribution >= 0.6 is 0 Å².